The number of rotatable bonds is 7. The van der Waals surface area contributed by atoms with Gasteiger partial charge in [-0.25, -0.2) is 8.78 Å². The monoisotopic (exact) mass is 686 g/mol. The van der Waals surface area contributed by atoms with E-state index in [0.29, 0.717) is 69.9 Å². The highest BCUT2D eigenvalue weighted by Gasteiger charge is 2.49. The first-order valence-corrected chi connectivity index (χ1v) is 17.8. The largest absolute Gasteiger partial charge is 0.508 e. The quantitative estimate of drug-likeness (QED) is 0.292. The number of amides is 1. The summed E-state index contributed by atoms with van der Waals surface area (Å²) in [7, 11) is 3.44. The Labute approximate surface area is 290 Å². The average molecular weight is 687 g/mol. The molecule has 0 aliphatic carbocycles. The number of aromatic nitrogens is 4. The summed E-state index contributed by atoms with van der Waals surface area (Å²) in [6.45, 7) is 6.51. The van der Waals surface area contributed by atoms with Gasteiger partial charge < -0.3 is 24.5 Å². The van der Waals surface area contributed by atoms with Crippen LogP contribution in [0.5, 0.6) is 11.8 Å². The van der Waals surface area contributed by atoms with Crippen molar-refractivity contribution in [3.05, 3.63) is 64.4 Å². The Morgan fingerprint density at radius 1 is 1.08 bits per heavy atom. The molecule has 11 nitrogen and oxygen atoms in total. The van der Waals surface area contributed by atoms with Crippen LogP contribution in [0.1, 0.15) is 65.6 Å². The number of phenols is 1. The molecule has 0 unspecified atom stereocenters. The number of hydrogen-bond donors (Lipinski definition) is 1. The molecule has 264 valence electrons. The molecule has 0 radical (unpaired) electrons. The number of carbonyl (C=O) groups is 1. The van der Waals surface area contributed by atoms with Gasteiger partial charge in [-0.05, 0) is 67.8 Å². The molecule has 50 heavy (non-hydrogen) atoms. The molecular weight excluding hydrogens is 642 g/mol. The molecule has 4 aromatic rings. The van der Waals surface area contributed by atoms with Crippen LogP contribution < -0.4 is 14.5 Å². The third kappa shape index (κ3) is 5.69. The fourth-order valence-electron chi connectivity index (χ4n) is 8.62. The van der Waals surface area contributed by atoms with Gasteiger partial charge >= 0.3 is 6.01 Å². The molecule has 0 bridgehead atoms. The maximum atomic E-state index is 15.1. The summed E-state index contributed by atoms with van der Waals surface area (Å²) in [6.07, 6.45) is 3.42. The second-order valence-electron chi connectivity index (χ2n) is 14.5. The lowest BCUT2D eigenvalue weighted by Gasteiger charge is -2.35. The van der Waals surface area contributed by atoms with Gasteiger partial charge in [0.05, 0.1) is 30.0 Å². The molecule has 2 aromatic carbocycles. The molecule has 2 fully saturated rings. The van der Waals surface area contributed by atoms with Gasteiger partial charge in [-0.1, -0.05) is 13.0 Å². The third-order valence-electron chi connectivity index (χ3n) is 11.0. The maximum Gasteiger partial charge on any atom is 0.318 e. The summed E-state index contributed by atoms with van der Waals surface area (Å²) in [5.74, 6) is 0.510. The number of anilines is 2. The average Bonchev–Trinajstić information content (AvgIpc) is 3.73. The maximum absolute atomic E-state index is 15.1. The van der Waals surface area contributed by atoms with Crippen LogP contribution in [0.15, 0.2) is 30.3 Å². The molecule has 4 aliphatic rings. The van der Waals surface area contributed by atoms with Crippen LogP contribution in [0.3, 0.4) is 0 Å². The standard InChI is InChI=1S/C37H44F2N8O3/c1-4-27-29(39)8-7-23-15-26(48)17-32(33(23)27)44-14-9-28-31(21-44)40-36(50-22-37-10-5-12-46(37)19-24(38)18-37)41-34(28)45-11-6-13-47-25(20-45)16-30(42-47)35(49)43(2)3/h7-8,15-17,24,48H,4-6,9-14,18-22H2,1-3H3/t24-,37+/m1/s1. The Hall–Kier alpha value is -4.52. The molecule has 6 heterocycles. The summed E-state index contributed by atoms with van der Waals surface area (Å²) in [6, 6.07) is 8.70. The number of fused-ring (bicyclic) bond motifs is 4. The van der Waals surface area contributed by atoms with E-state index in [4.69, 9.17) is 14.7 Å². The van der Waals surface area contributed by atoms with Crippen LogP contribution in [-0.2, 0) is 32.5 Å². The zero-order valence-electron chi connectivity index (χ0n) is 29.0. The minimum atomic E-state index is -0.867. The van der Waals surface area contributed by atoms with E-state index in [1.807, 2.05) is 17.7 Å². The first-order chi connectivity index (χ1) is 24.1. The third-order valence-corrected chi connectivity index (χ3v) is 11.0. The number of phenolic OH excluding ortho intramolecular Hbond substituents is 1. The number of aromatic hydroxyl groups is 1. The van der Waals surface area contributed by atoms with E-state index >= 15 is 4.39 Å². The van der Waals surface area contributed by atoms with Gasteiger partial charge in [-0.2, -0.15) is 15.1 Å². The molecule has 1 N–H and O–H groups in total. The highest BCUT2D eigenvalue weighted by atomic mass is 19.1. The predicted molar refractivity (Wildman–Crippen MR) is 186 cm³/mol. The van der Waals surface area contributed by atoms with Crippen molar-refractivity contribution in [1.29, 1.82) is 0 Å². The van der Waals surface area contributed by atoms with Crippen molar-refractivity contribution in [3.63, 3.8) is 0 Å². The number of alkyl halides is 1. The van der Waals surface area contributed by atoms with Crippen LogP contribution in [0.2, 0.25) is 0 Å². The van der Waals surface area contributed by atoms with E-state index in [1.165, 1.54) is 11.0 Å². The van der Waals surface area contributed by atoms with E-state index in [2.05, 4.69) is 19.8 Å². The Bertz CT molecular complexity index is 1970. The van der Waals surface area contributed by atoms with Crippen molar-refractivity contribution < 1.29 is 23.4 Å². The topological polar surface area (TPSA) is 103 Å². The molecule has 2 aromatic heterocycles. The van der Waals surface area contributed by atoms with E-state index in [-0.39, 0.29) is 29.0 Å². The van der Waals surface area contributed by atoms with Crippen LogP contribution in [0.4, 0.5) is 20.3 Å². The predicted octanol–water partition coefficient (Wildman–Crippen LogP) is 4.86. The van der Waals surface area contributed by atoms with E-state index < -0.39 is 6.17 Å². The van der Waals surface area contributed by atoms with Crippen molar-refractivity contribution in [2.75, 3.05) is 56.7 Å². The normalized spacial score (nSPS) is 22.0. The number of halogens is 2. The van der Waals surface area contributed by atoms with Gasteiger partial charge in [0.1, 0.15) is 30.2 Å². The summed E-state index contributed by atoms with van der Waals surface area (Å²) < 4.78 is 38.1. The highest BCUT2D eigenvalue weighted by molar-refractivity contribution is 5.98. The van der Waals surface area contributed by atoms with E-state index in [9.17, 15) is 14.3 Å². The van der Waals surface area contributed by atoms with Crippen LogP contribution >= 0.6 is 0 Å². The lowest BCUT2D eigenvalue weighted by Crippen LogP contribution is -2.43. The molecule has 2 atom stereocenters. The number of benzene rings is 2. The number of hydrogen-bond acceptors (Lipinski definition) is 9. The van der Waals surface area contributed by atoms with Gasteiger partial charge in [0.25, 0.3) is 5.91 Å². The van der Waals surface area contributed by atoms with E-state index in [0.717, 1.165) is 71.6 Å². The van der Waals surface area contributed by atoms with Gasteiger partial charge in [-0.3, -0.25) is 14.4 Å². The number of ether oxygens (including phenoxy) is 1. The van der Waals surface area contributed by atoms with Crippen LogP contribution in [0, 0.1) is 5.82 Å². The summed E-state index contributed by atoms with van der Waals surface area (Å²) >= 11 is 0. The van der Waals surface area contributed by atoms with Gasteiger partial charge in [0, 0.05) is 69.4 Å². The molecule has 4 aliphatic heterocycles. The van der Waals surface area contributed by atoms with Crippen molar-refractivity contribution in [2.24, 2.45) is 0 Å². The summed E-state index contributed by atoms with van der Waals surface area (Å²) in [4.78, 5) is 30.9. The fourth-order valence-corrected chi connectivity index (χ4v) is 8.62. The summed E-state index contributed by atoms with van der Waals surface area (Å²) in [5.41, 5.74) is 4.20. The second kappa shape index (κ2) is 12.7. The molecule has 8 rings (SSSR count). The van der Waals surface area contributed by atoms with Gasteiger partial charge in [0.15, 0.2) is 5.69 Å². The van der Waals surface area contributed by atoms with Gasteiger partial charge in [0.2, 0.25) is 0 Å². The smallest absolute Gasteiger partial charge is 0.318 e. The highest BCUT2D eigenvalue weighted by Crippen LogP contribution is 2.42. The molecule has 0 spiro atoms. The Kier molecular flexibility index (Phi) is 8.28. The molecule has 1 amide bonds. The SMILES string of the molecule is CCc1c(F)ccc2cc(O)cc(N3CCc4c(nc(OC[C@@]56CCCN5C[C@H](F)C6)nc4N4CCCn5nc(C(=O)N(C)C)cc5C4)C3)c12. The molecule has 2 saturated heterocycles. The Balaban J connectivity index is 1.17. The lowest BCUT2D eigenvalue weighted by atomic mass is 9.95. The first-order valence-electron chi connectivity index (χ1n) is 17.8. The zero-order valence-corrected chi connectivity index (χ0v) is 29.0. The Morgan fingerprint density at radius 3 is 2.76 bits per heavy atom. The van der Waals surface area contributed by atoms with Crippen molar-refractivity contribution in [3.8, 4) is 11.8 Å². The van der Waals surface area contributed by atoms with Crippen LogP contribution in [0.25, 0.3) is 10.8 Å². The second-order valence-corrected chi connectivity index (χ2v) is 14.5. The molecular formula is C37H44F2N8O3. The Morgan fingerprint density at radius 2 is 1.94 bits per heavy atom. The van der Waals surface area contributed by atoms with Crippen molar-refractivity contribution in [1.82, 2.24) is 29.5 Å². The first kappa shape index (κ1) is 32.7. The molecule has 0 saturated carbocycles. The molecule has 13 heteroatoms. The fraction of sp³-hybridized carbons (Fsp3) is 0.514. The van der Waals surface area contributed by atoms with Crippen LogP contribution in [-0.4, -0.2) is 99.2 Å². The number of carbonyl (C=O) groups excluding carboxylic acids is 1. The number of aryl methyl sites for hydroxylation is 2. The lowest BCUT2D eigenvalue weighted by molar-refractivity contribution is 0.0821. The zero-order chi connectivity index (χ0) is 34.7. The minimum absolute atomic E-state index is 0.121. The summed E-state index contributed by atoms with van der Waals surface area (Å²) in [5, 5.41) is 16.9. The van der Waals surface area contributed by atoms with Crippen molar-refractivity contribution >= 4 is 28.2 Å². The number of nitrogens with zero attached hydrogens (tertiary/aromatic N) is 8. The van der Waals surface area contributed by atoms with E-state index in [1.54, 1.807) is 32.3 Å². The minimum Gasteiger partial charge on any atom is -0.508 e. The van der Waals surface area contributed by atoms with Crippen molar-refractivity contribution in [2.45, 2.75) is 76.8 Å². The van der Waals surface area contributed by atoms with Gasteiger partial charge in [-0.15, -0.1) is 0 Å².